The maximum absolute atomic E-state index is 12.7. The number of rotatable bonds is 5. The van der Waals surface area contributed by atoms with Crippen LogP contribution in [0.4, 0.5) is 11.4 Å². The Morgan fingerprint density at radius 2 is 1.86 bits per heavy atom. The average molecular weight is 377 g/mol. The summed E-state index contributed by atoms with van der Waals surface area (Å²) < 4.78 is 2.23. The van der Waals surface area contributed by atoms with Gasteiger partial charge in [-0.25, -0.2) is 4.98 Å². The molecule has 2 N–H and O–H groups in total. The van der Waals surface area contributed by atoms with Crippen LogP contribution in [0.25, 0.3) is 11.0 Å². The molecular formula is C23H28N4O. The first-order chi connectivity index (χ1) is 13.7. The summed E-state index contributed by atoms with van der Waals surface area (Å²) in [6.07, 6.45) is 6.34. The van der Waals surface area contributed by atoms with Gasteiger partial charge in [-0.15, -0.1) is 0 Å². The molecule has 1 aliphatic carbocycles. The lowest BCUT2D eigenvalue weighted by molar-refractivity contribution is 0.102. The van der Waals surface area contributed by atoms with Gasteiger partial charge in [-0.3, -0.25) is 4.79 Å². The van der Waals surface area contributed by atoms with Gasteiger partial charge in [-0.2, -0.15) is 0 Å². The Kier molecular flexibility index (Phi) is 5.33. The maximum Gasteiger partial charge on any atom is 0.255 e. The highest BCUT2D eigenvalue weighted by Gasteiger charge is 2.22. The molecule has 3 aromatic rings. The molecular weight excluding hydrogens is 348 g/mol. The molecule has 5 heteroatoms. The number of benzene rings is 2. The number of carbonyl (C=O) groups excluding carboxylic acids is 1. The van der Waals surface area contributed by atoms with Crippen LogP contribution in [0.3, 0.4) is 0 Å². The van der Waals surface area contributed by atoms with E-state index >= 15 is 0 Å². The summed E-state index contributed by atoms with van der Waals surface area (Å²) in [6, 6.07) is 13.4. The SMILES string of the molecule is CCNc1cc2c(cc1NC(=O)c1ccccc1)nc(C1CCCCC1)n2C. The number of amides is 1. The van der Waals surface area contributed by atoms with Crippen LogP contribution >= 0.6 is 0 Å². The first-order valence-electron chi connectivity index (χ1n) is 10.3. The van der Waals surface area contributed by atoms with Gasteiger partial charge in [0, 0.05) is 25.1 Å². The molecule has 0 bridgehead atoms. The third-order valence-electron chi connectivity index (χ3n) is 5.68. The highest BCUT2D eigenvalue weighted by Crippen LogP contribution is 2.35. The third kappa shape index (κ3) is 3.61. The van der Waals surface area contributed by atoms with Crippen molar-refractivity contribution in [1.82, 2.24) is 9.55 Å². The van der Waals surface area contributed by atoms with Crippen LogP contribution in [-0.2, 0) is 7.05 Å². The molecule has 1 saturated carbocycles. The summed E-state index contributed by atoms with van der Waals surface area (Å²) in [5, 5.41) is 6.45. The number of nitrogens with one attached hydrogen (secondary N) is 2. The highest BCUT2D eigenvalue weighted by molar-refractivity contribution is 6.07. The van der Waals surface area contributed by atoms with Crippen molar-refractivity contribution in [1.29, 1.82) is 0 Å². The lowest BCUT2D eigenvalue weighted by Crippen LogP contribution is -2.13. The largest absolute Gasteiger partial charge is 0.384 e. The predicted octanol–water partition coefficient (Wildman–Crippen LogP) is 5.31. The van der Waals surface area contributed by atoms with E-state index in [4.69, 9.17) is 4.98 Å². The van der Waals surface area contributed by atoms with Crippen LogP contribution in [0.1, 0.15) is 61.1 Å². The van der Waals surface area contributed by atoms with Crippen molar-refractivity contribution in [2.45, 2.75) is 44.9 Å². The summed E-state index contributed by atoms with van der Waals surface area (Å²) in [6.45, 7) is 2.84. The highest BCUT2D eigenvalue weighted by atomic mass is 16.1. The van der Waals surface area contributed by atoms with Gasteiger partial charge >= 0.3 is 0 Å². The Morgan fingerprint density at radius 1 is 1.11 bits per heavy atom. The first-order valence-corrected chi connectivity index (χ1v) is 10.3. The van der Waals surface area contributed by atoms with Gasteiger partial charge < -0.3 is 15.2 Å². The number of aromatic nitrogens is 2. The van der Waals surface area contributed by atoms with Crippen molar-refractivity contribution >= 4 is 28.3 Å². The Bertz CT molecular complexity index is 971. The van der Waals surface area contributed by atoms with Gasteiger partial charge in [-0.05, 0) is 44.0 Å². The standard InChI is InChI=1S/C23H28N4O/c1-3-24-18-15-21-20(25-22(27(21)2)16-10-6-4-7-11-16)14-19(18)26-23(28)17-12-8-5-9-13-17/h5,8-9,12-16,24H,3-4,6-7,10-11H2,1-2H3,(H,26,28). The second-order valence-electron chi connectivity index (χ2n) is 7.60. The first kappa shape index (κ1) is 18.5. The van der Waals surface area contributed by atoms with E-state index in [2.05, 4.69) is 35.2 Å². The molecule has 1 aliphatic rings. The maximum atomic E-state index is 12.7. The smallest absolute Gasteiger partial charge is 0.255 e. The number of nitrogens with zero attached hydrogens (tertiary/aromatic N) is 2. The fourth-order valence-electron chi connectivity index (χ4n) is 4.21. The molecule has 0 spiro atoms. The minimum absolute atomic E-state index is 0.109. The number of fused-ring (bicyclic) bond motifs is 1. The molecule has 1 aromatic heterocycles. The van der Waals surface area contributed by atoms with Crippen LogP contribution < -0.4 is 10.6 Å². The molecule has 0 saturated heterocycles. The molecule has 0 aliphatic heterocycles. The lowest BCUT2D eigenvalue weighted by Gasteiger charge is -2.21. The Balaban J connectivity index is 1.71. The van der Waals surface area contributed by atoms with Gasteiger partial charge in [0.25, 0.3) is 5.91 Å². The molecule has 1 fully saturated rings. The second-order valence-corrected chi connectivity index (χ2v) is 7.60. The molecule has 0 unspecified atom stereocenters. The molecule has 0 atom stereocenters. The number of hydrogen-bond donors (Lipinski definition) is 2. The van der Waals surface area contributed by atoms with Crippen LogP contribution in [-0.4, -0.2) is 22.0 Å². The fraction of sp³-hybridized carbons (Fsp3) is 0.391. The Morgan fingerprint density at radius 3 is 2.57 bits per heavy atom. The number of carbonyl (C=O) groups is 1. The van der Waals surface area contributed by atoms with E-state index in [1.807, 2.05) is 36.4 Å². The zero-order valence-corrected chi connectivity index (χ0v) is 16.7. The number of hydrogen-bond acceptors (Lipinski definition) is 3. The van der Waals surface area contributed by atoms with Crippen LogP contribution in [0, 0.1) is 0 Å². The third-order valence-corrected chi connectivity index (χ3v) is 5.68. The zero-order chi connectivity index (χ0) is 19.5. The summed E-state index contributed by atoms with van der Waals surface area (Å²) in [5.41, 5.74) is 4.39. The quantitative estimate of drug-likeness (QED) is 0.635. The zero-order valence-electron chi connectivity index (χ0n) is 16.7. The van der Waals surface area contributed by atoms with Gasteiger partial charge in [0.2, 0.25) is 0 Å². The van der Waals surface area contributed by atoms with E-state index < -0.39 is 0 Å². The minimum atomic E-state index is -0.109. The van der Waals surface area contributed by atoms with E-state index in [1.54, 1.807) is 0 Å². The number of imidazole rings is 1. The van der Waals surface area contributed by atoms with Crippen LogP contribution in [0.2, 0.25) is 0 Å². The lowest BCUT2D eigenvalue weighted by atomic mass is 9.89. The Hall–Kier alpha value is -2.82. The van der Waals surface area contributed by atoms with Crippen molar-refractivity contribution < 1.29 is 4.79 Å². The fourth-order valence-corrected chi connectivity index (χ4v) is 4.21. The van der Waals surface area contributed by atoms with Crippen molar-refractivity contribution in [2.75, 3.05) is 17.2 Å². The molecule has 28 heavy (non-hydrogen) atoms. The van der Waals surface area contributed by atoms with E-state index in [0.29, 0.717) is 11.5 Å². The van der Waals surface area contributed by atoms with Crippen molar-refractivity contribution in [3.63, 3.8) is 0 Å². The summed E-state index contributed by atoms with van der Waals surface area (Å²) >= 11 is 0. The van der Waals surface area contributed by atoms with Gasteiger partial charge in [0.05, 0.1) is 22.4 Å². The molecule has 5 nitrogen and oxygen atoms in total. The predicted molar refractivity (Wildman–Crippen MR) is 115 cm³/mol. The van der Waals surface area contributed by atoms with Crippen molar-refractivity contribution in [2.24, 2.45) is 7.05 Å². The molecule has 0 radical (unpaired) electrons. The summed E-state index contributed by atoms with van der Waals surface area (Å²) in [4.78, 5) is 17.6. The van der Waals surface area contributed by atoms with E-state index in [0.717, 1.165) is 29.0 Å². The summed E-state index contributed by atoms with van der Waals surface area (Å²) in [7, 11) is 2.11. The van der Waals surface area contributed by atoms with Crippen LogP contribution in [0.5, 0.6) is 0 Å². The molecule has 4 rings (SSSR count). The monoisotopic (exact) mass is 376 g/mol. The van der Waals surface area contributed by atoms with Gasteiger partial charge in [-0.1, -0.05) is 37.5 Å². The minimum Gasteiger partial charge on any atom is -0.384 e. The summed E-state index contributed by atoms with van der Waals surface area (Å²) in [5.74, 6) is 1.60. The van der Waals surface area contributed by atoms with Crippen molar-refractivity contribution in [3.05, 3.63) is 53.9 Å². The molecule has 1 amide bonds. The van der Waals surface area contributed by atoms with Gasteiger partial charge in [0.1, 0.15) is 5.82 Å². The van der Waals surface area contributed by atoms with E-state index in [-0.39, 0.29) is 5.91 Å². The molecule has 2 aromatic carbocycles. The second kappa shape index (κ2) is 8.05. The average Bonchev–Trinajstić information content (AvgIpc) is 3.05. The number of aryl methyl sites for hydroxylation is 1. The van der Waals surface area contributed by atoms with E-state index in [1.165, 1.54) is 37.9 Å². The van der Waals surface area contributed by atoms with Crippen LogP contribution in [0.15, 0.2) is 42.5 Å². The topological polar surface area (TPSA) is 58.9 Å². The van der Waals surface area contributed by atoms with Gasteiger partial charge in [0.15, 0.2) is 0 Å². The molecule has 146 valence electrons. The van der Waals surface area contributed by atoms with E-state index in [9.17, 15) is 4.79 Å². The Labute approximate surface area is 166 Å². The molecule has 1 heterocycles. The number of anilines is 2. The normalized spacial score (nSPS) is 14.9. The van der Waals surface area contributed by atoms with Crippen molar-refractivity contribution in [3.8, 4) is 0 Å².